The summed E-state index contributed by atoms with van der Waals surface area (Å²) in [5.74, 6) is -0.587. The van der Waals surface area contributed by atoms with Crippen LogP contribution in [-0.4, -0.2) is 36.4 Å². The fourth-order valence-electron chi connectivity index (χ4n) is 7.93. The molecule has 0 heterocycles. The molecule has 0 bridgehead atoms. The SMILES string of the molecule is CC/C=C\C/C=C\C/C=C\C/C=C\C/C=C\C/C=C\C/C=C\C/C=C\CCCCCCCCCCCCCCC(=O)OC(CO)COC(=O)CCCCCCCCCCCCCCCCCC. The predicted octanol–water partition coefficient (Wildman–Crippen LogP) is 19.1. The van der Waals surface area contributed by atoms with Gasteiger partial charge in [0, 0.05) is 12.8 Å². The topological polar surface area (TPSA) is 72.8 Å². The van der Waals surface area contributed by atoms with Crippen LogP contribution in [-0.2, 0) is 19.1 Å². The van der Waals surface area contributed by atoms with Crippen LogP contribution in [0.3, 0.4) is 0 Å². The number of allylic oxidation sites excluding steroid dienone is 16. The van der Waals surface area contributed by atoms with E-state index in [9.17, 15) is 14.7 Å². The van der Waals surface area contributed by atoms with Gasteiger partial charge >= 0.3 is 11.9 Å². The van der Waals surface area contributed by atoms with Gasteiger partial charge in [-0.25, -0.2) is 0 Å². The molecule has 384 valence electrons. The molecule has 0 aromatic heterocycles. The molecule has 0 saturated heterocycles. The zero-order valence-corrected chi connectivity index (χ0v) is 43.9. The Hall–Kier alpha value is -3.18. The number of esters is 2. The van der Waals surface area contributed by atoms with Crippen molar-refractivity contribution in [1.82, 2.24) is 0 Å². The first kappa shape index (κ1) is 63.8. The minimum atomic E-state index is -0.775. The van der Waals surface area contributed by atoms with E-state index in [1.807, 2.05) is 0 Å². The minimum absolute atomic E-state index is 0.0665. The fraction of sp³-hybridized carbons (Fsp3) is 0.710. The molecule has 0 rings (SSSR count). The van der Waals surface area contributed by atoms with Crippen molar-refractivity contribution in [3.63, 3.8) is 0 Å². The zero-order chi connectivity index (χ0) is 48.5. The molecule has 0 aliphatic heterocycles. The zero-order valence-electron chi connectivity index (χ0n) is 43.9. The molecule has 0 amide bonds. The van der Waals surface area contributed by atoms with Crippen molar-refractivity contribution in [2.24, 2.45) is 0 Å². The first-order valence-electron chi connectivity index (χ1n) is 28.3. The van der Waals surface area contributed by atoms with Gasteiger partial charge in [-0.05, 0) is 77.0 Å². The van der Waals surface area contributed by atoms with Crippen molar-refractivity contribution >= 4 is 11.9 Å². The molecule has 0 saturated carbocycles. The van der Waals surface area contributed by atoms with Gasteiger partial charge < -0.3 is 14.6 Å². The lowest BCUT2D eigenvalue weighted by molar-refractivity contribution is -0.161. The standard InChI is InChI=1S/C62H106O5/c1-3-5-7-9-11-13-15-17-19-21-22-23-24-25-26-27-28-29-30-31-32-33-34-35-36-37-38-39-40-41-43-45-47-49-51-53-55-57-62(65)67-60(58-63)59-66-61(64)56-54-52-50-48-46-44-42-20-18-16-14-12-10-8-6-4-2/h5,7,11,13,17,19,22-23,25-26,28-29,31-32,34-35,60,63H,3-4,6,8-10,12,14-16,18,20-21,24,27,30,33,36-59H2,1-2H3/b7-5-,13-11-,19-17-,23-22-,26-25-,29-28-,32-31-,35-34-. The van der Waals surface area contributed by atoms with Crippen molar-refractivity contribution < 1.29 is 24.2 Å². The van der Waals surface area contributed by atoms with Crippen molar-refractivity contribution in [1.29, 1.82) is 0 Å². The molecule has 0 aromatic carbocycles. The van der Waals surface area contributed by atoms with E-state index < -0.39 is 6.10 Å². The third-order valence-corrected chi connectivity index (χ3v) is 12.1. The Balaban J connectivity index is 3.52. The average Bonchev–Trinajstić information content (AvgIpc) is 3.33. The largest absolute Gasteiger partial charge is 0.462 e. The molecular weight excluding hydrogens is 825 g/mol. The highest BCUT2D eigenvalue weighted by Crippen LogP contribution is 2.16. The summed E-state index contributed by atoms with van der Waals surface area (Å²) in [6.45, 7) is 4.04. The van der Waals surface area contributed by atoms with E-state index in [0.717, 1.165) is 89.9 Å². The van der Waals surface area contributed by atoms with Gasteiger partial charge in [-0.1, -0.05) is 272 Å². The number of unbranched alkanes of at least 4 members (excludes halogenated alkanes) is 27. The van der Waals surface area contributed by atoms with E-state index in [1.165, 1.54) is 148 Å². The number of aliphatic hydroxyl groups is 1. The van der Waals surface area contributed by atoms with Crippen LogP contribution in [0.5, 0.6) is 0 Å². The highest BCUT2D eigenvalue weighted by Gasteiger charge is 2.16. The predicted molar refractivity (Wildman–Crippen MR) is 292 cm³/mol. The summed E-state index contributed by atoms with van der Waals surface area (Å²) in [5.41, 5.74) is 0. The third kappa shape index (κ3) is 55.3. The number of rotatable bonds is 51. The first-order valence-corrected chi connectivity index (χ1v) is 28.3. The van der Waals surface area contributed by atoms with E-state index in [4.69, 9.17) is 9.47 Å². The molecule has 5 nitrogen and oxygen atoms in total. The first-order chi connectivity index (χ1) is 33.1. The Morgan fingerprint density at radius 3 is 0.970 bits per heavy atom. The average molecular weight is 932 g/mol. The van der Waals surface area contributed by atoms with Gasteiger partial charge in [0.1, 0.15) is 6.61 Å². The summed E-state index contributed by atoms with van der Waals surface area (Å²) in [5, 5.41) is 9.64. The molecule has 0 aliphatic carbocycles. The van der Waals surface area contributed by atoms with Crippen LogP contribution in [0.2, 0.25) is 0 Å². The highest BCUT2D eigenvalue weighted by atomic mass is 16.6. The van der Waals surface area contributed by atoms with E-state index in [1.54, 1.807) is 0 Å². The summed E-state index contributed by atoms with van der Waals surface area (Å²) in [6.07, 6.45) is 80.9. The monoisotopic (exact) mass is 931 g/mol. The van der Waals surface area contributed by atoms with Crippen LogP contribution in [0.25, 0.3) is 0 Å². The smallest absolute Gasteiger partial charge is 0.306 e. The molecule has 0 fully saturated rings. The Bertz CT molecular complexity index is 1280. The van der Waals surface area contributed by atoms with Crippen LogP contribution < -0.4 is 0 Å². The van der Waals surface area contributed by atoms with Crippen LogP contribution in [0.15, 0.2) is 97.2 Å². The maximum atomic E-state index is 12.3. The Labute approximate surface area is 415 Å². The quantitative estimate of drug-likeness (QED) is 0.0374. The molecular formula is C62H106O5. The van der Waals surface area contributed by atoms with Crippen molar-refractivity contribution in [2.75, 3.05) is 13.2 Å². The number of ether oxygens (including phenoxy) is 2. The summed E-state index contributed by atoms with van der Waals surface area (Å²) >= 11 is 0. The summed E-state index contributed by atoms with van der Waals surface area (Å²) in [6, 6.07) is 0. The number of hydrogen-bond acceptors (Lipinski definition) is 5. The molecule has 1 atom stereocenters. The maximum absolute atomic E-state index is 12.3. The molecule has 0 aromatic rings. The lowest BCUT2D eigenvalue weighted by Crippen LogP contribution is -2.28. The second-order valence-corrected chi connectivity index (χ2v) is 18.6. The van der Waals surface area contributed by atoms with Crippen LogP contribution >= 0.6 is 0 Å². The van der Waals surface area contributed by atoms with Gasteiger partial charge in [0.25, 0.3) is 0 Å². The van der Waals surface area contributed by atoms with E-state index in [2.05, 4.69) is 111 Å². The fourth-order valence-corrected chi connectivity index (χ4v) is 7.93. The van der Waals surface area contributed by atoms with Gasteiger partial charge in [-0.2, -0.15) is 0 Å². The lowest BCUT2D eigenvalue weighted by Gasteiger charge is -2.15. The maximum Gasteiger partial charge on any atom is 0.306 e. The number of carbonyl (C=O) groups excluding carboxylic acids is 2. The Kier molecular flexibility index (Phi) is 54.4. The molecule has 0 spiro atoms. The summed E-state index contributed by atoms with van der Waals surface area (Å²) < 4.78 is 10.7. The Morgan fingerprint density at radius 1 is 0.358 bits per heavy atom. The van der Waals surface area contributed by atoms with Crippen LogP contribution in [0.1, 0.15) is 264 Å². The molecule has 0 radical (unpaired) electrons. The summed E-state index contributed by atoms with van der Waals surface area (Å²) in [7, 11) is 0. The number of carbonyl (C=O) groups is 2. The van der Waals surface area contributed by atoms with Crippen molar-refractivity contribution in [2.45, 2.75) is 270 Å². The summed E-state index contributed by atoms with van der Waals surface area (Å²) in [4.78, 5) is 24.5. The van der Waals surface area contributed by atoms with Crippen molar-refractivity contribution in [3.8, 4) is 0 Å². The van der Waals surface area contributed by atoms with Gasteiger partial charge in [-0.15, -0.1) is 0 Å². The molecule has 1 unspecified atom stereocenters. The van der Waals surface area contributed by atoms with E-state index >= 15 is 0 Å². The molecule has 5 heteroatoms. The number of aliphatic hydroxyl groups excluding tert-OH is 1. The number of hydrogen-bond donors (Lipinski definition) is 1. The lowest BCUT2D eigenvalue weighted by atomic mass is 10.0. The third-order valence-electron chi connectivity index (χ3n) is 12.1. The van der Waals surface area contributed by atoms with Gasteiger partial charge in [0.15, 0.2) is 6.10 Å². The normalized spacial score (nSPS) is 12.9. The van der Waals surface area contributed by atoms with Gasteiger partial charge in [0.2, 0.25) is 0 Å². The minimum Gasteiger partial charge on any atom is -0.462 e. The van der Waals surface area contributed by atoms with Crippen LogP contribution in [0.4, 0.5) is 0 Å². The van der Waals surface area contributed by atoms with Gasteiger partial charge in [-0.3, -0.25) is 9.59 Å². The molecule has 1 N–H and O–H groups in total. The molecule has 67 heavy (non-hydrogen) atoms. The molecule has 0 aliphatic rings. The van der Waals surface area contributed by atoms with E-state index in [0.29, 0.717) is 12.8 Å². The second kappa shape index (κ2) is 57.1. The van der Waals surface area contributed by atoms with Crippen molar-refractivity contribution in [3.05, 3.63) is 97.2 Å². The second-order valence-electron chi connectivity index (χ2n) is 18.6. The van der Waals surface area contributed by atoms with E-state index in [-0.39, 0.29) is 25.2 Å². The Morgan fingerprint density at radius 2 is 0.642 bits per heavy atom. The highest BCUT2D eigenvalue weighted by molar-refractivity contribution is 5.70. The van der Waals surface area contributed by atoms with Crippen LogP contribution in [0, 0.1) is 0 Å². The van der Waals surface area contributed by atoms with Gasteiger partial charge in [0.05, 0.1) is 6.61 Å².